The molecule has 20 heavy (non-hydrogen) atoms. The van der Waals surface area contributed by atoms with Crippen molar-refractivity contribution >= 4 is 11.9 Å². The second-order valence-corrected chi connectivity index (χ2v) is 6.03. The number of carbonyl (C=O) groups is 2. The average molecular weight is 278 g/mol. The Balaban J connectivity index is 2.38. The van der Waals surface area contributed by atoms with E-state index in [1.807, 2.05) is 0 Å². The first kappa shape index (κ1) is 14.8. The summed E-state index contributed by atoms with van der Waals surface area (Å²) >= 11 is 0. The van der Waals surface area contributed by atoms with E-state index in [0.29, 0.717) is 12.8 Å². The van der Waals surface area contributed by atoms with Crippen LogP contribution in [0.5, 0.6) is 0 Å². The molecule has 0 aromatic carbocycles. The van der Waals surface area contributed by atoms with E-state index in [1.54, 1.807) is 0 Å². The van der Waals surface area contributed by atoms with Crippen molar-refractivity contribution in [2.24, 2.45) is 16.7 Å². The third-order valence-corrected chi connectivity index (χ3v) is 5.15. The van der Waals surface area contributed by atoms with Crippen LogP contribution < -0.4 is 0 Å². The van der Waals surface area contributed by atoms with Crippen molar-refractivity contribution in [2.45, 2.75) is 32.6 Å². The fraction of sp³-hybridized carbons (Fsp3) is 0.625. The van der Waals surface area contributed by atoms with Gasteiger partial charge in [0.25, 0.3) is 0 Å². The van der Waals surface area contributed by atoms with Gasteiger partial charge in [-0.2, -0.15) is 0 Å². The Morgan fingerprint density at radius 1 is 1.25 bits per heavy atom. The van der Waals surface area contributed by atoms with Crippen LogP contribution in [0.3, 0.4) is 0 Å². The molecule has 0 aromatic rings. The molecule has 1 fully saturated rings. The summed E-state index contributed by atoms with van der Waals surface area (Å²) in [4.78, 5) is 24.4. The number of fused-ring (bicyclic) bond motifs is 1. The van der Waals surface area contributed by atoms with Crippen molar-refractivity contribution in [3.8, 4) is 0 Å². The first-order chi connectivity index (χ1) is 9.40. The lowest BCUT2D eigenvalue weighted by Crippen LogP contribution is -2.50. The van der Waals surface area contributed by atoms with Gasteiger partial charge < -0.3 is 9.47 Å². The summed E-state index contributed by atoms with van der Waals surface area (Å²) in [5.41, 5.74) is -0.0380. The van der Waals surface area contributed by atoms with Gasteiger partial charge in [0.1, 0.15) is 0 Å². The zero-order valence-electron chi connectivity index (χ0n) is 12.4. The molecule has 4 heteroatoms. The van der Waals surface area contributed by atoms with E-state index in [0.717, 1.165) is 12.8 Å². The summed E-state index contributed by atoms with van der Waals surface area (Å²) in [6.45, 7) is 6.33. The SMILES string of the molecule is C=C1CC=C[C@H]2CC(C(=O)OC)(C(=O)OC)CC[C@@]12C. The van der Waals surface area contributed by atoms with Gasteiger partial charge in [-0.15, -0.1) is 0 Å². The summed E-state index contributed by atoms with van der Waals surface area (Å²) in [6, 6.07) is 0. The molecule has 2 aliphatic rings. The van der Waals surface area contributed by atoms with Gasteiger partial charge in [0.2, 0.25) is 0 Å². The molecule has 0 bridgehead atoms. The van der Waals surface area contributed by atoms with Crippen LogP contribution in [0.4, 0.5) is 0 Å². The number of hydrogen-bond donors (Lipinski definition) is 0. The molecule has 2 rings (SSSR count). The molecule has 1 saturated carbocycles. The Labute approximate surface area is 119 Å². The molecular formula is C16H22O4. The first-order valence-electron chi connectivity index (χ1n) is 6.92. The number of methoxy groups -OCH3 is 2. The van der Waals surface area contributed by atoms with Crippen LogP contribution in [0.2, 0.25) is 0 Å². The Hall–Kier alpha value is -1.58. The standard InChI is InChI=1S/C16H22O4/c1-11-6-5-7-12-10-16(13(17)19-3,14(18)20-4)9-8-15(11,12)2/h5,7,12H,1,6,8-10H2,2-4H3/t12-,15-/m0/s1. The fourth-order valence-corrected chi connectivity index (χ4v) is 3.53. The maximum atomic E-state index is 12.2. The summed E-state index contributed by atoms with van der Waals surface area (Å²) in [5, 5.41) is 0. The number of carbonyl (C=O) groups excluding carboxylic acids is 2. The fourth-order valence-electron chi connectivity index (χ4n) is 3.53. The maximum Gasteiger partial charge on any atom is 0.323 e. The number of esters is 2. The van der Waals surface area contributed by atoms with E-state index in [4.69, 9.17) is 9.47 Å². The first-order valence-corrected chi connectivity index (χ1v) is 6.92. The number of allylic oxidation sites excluding steroid dienone is 3. The summed E-state index contributed by atoms with van der Waals surface area (Å²) in [5.74, 6) is -0.859. The zero-order chi connectivity index (χ0) is 15.0. The van der Waals surface area contributed by atoms with Gasteiger partial charge in [0, 0.05) is 0 Å². The van der Waals surface area contributed by atoms with Gasteiger partial charge >= 0.3 is 11.9 Å². The second kappa shape index (κ2) is 5.08. The predicted octanol–water partition coefficient (Wildman–Crippen LogP) is 2.64. The molecule has 0 spiro atoms. The van der Waals surface area contributed by atoms with E-state index in [-0.39, 0.29) is 11.3 Å². The smallest absolute Gasteiger partial charge is 0.323 e. The highest BCUT2D eigenvalue weighted by atomic mass is 16.5. The van der Waals surface area contributed by atoms with E-state index in [1.165, 1.54) is 19.8 Å². The van der Waals surface area contributed by atoms with Crippen LogP contribution in [0.1, 0.15) is 32.6 Å². The third kappa shape index (κ3) is 1.98. The van der Waals surface area contributed by atoms with Crippen molar-refractivity contribution < 1.29 is 19.1 Å². The quantitative estimate of drug-likeness (QED) is 0.442. The van der Waals surface area contributed by atoms with Gasteiger partial charge in [0.15, 0.2) is 5.41 Å². The van der Waals surface area contributed by atoms with Gasteiger partial charge in [-0.3, -0.25) is 9.59 Å². The van der Waals surface area contributed by atoms with Crippen LogP contribution in [0.25, 0.3) is 0 Å². The van der Waals surface area contributed by atoms with Gasteiger partial charge in [-0.25, -0.2) is 0 Å². The van der Waals surface area contributed by atoms with Crippen LogP contribution in [0, 0.1) is 16.7 Å². The number of rotatable bonds is 2. The van der Waals surface area contributed by atoms with Crippen LogP contribution in [-0.2, 0) is 19.1 Å². The highest BCUT2D eigenvalue weighted by Gasteiger charge is 2.56. The van der Waals surface area contributed by atoms with E-state index < -0.39 is 17.4 Å². The lowest BCUT2D eigenvalue weighted by molar-refractivity contribution is -0.174. The largest absolute Gasteiger partial charge is 0.468 e. The van der Waals surface area contributed by atoms with Crippen molar-refractivity contribution in [3.05, 3.63) is 24.3 Å². The Morgan fingerprint density at radius 2 is 1.85 bits per heavy atom. The number of ether oxygens (including phenoxy) is 2. The molecule has 2 aliphatic carbocycles. The van der Waals surface area contributed by atoms with Gasteiger partial charge in [0.05, 0.1) is 14.2 Å². The van der Waals surface area contributed by atoms with Crippen molar-refractivity contribution in [2.75, 3.05) is 14.2 Å². The molecule has 4 nitrogen and oxygen atoms in total. The third-order valence-electron chi connectivity index (χ3n) is 5.15. The molecule has 0 aliphatic heterocycles. The molecule has 0 amide bonds. The minimum atomic E-state index is -1.17. The molecule has 0 heterocycles. The Morgan fingerprint density at radius 3 is 2.40 bits per heavy atom. The normalized spacial score (nSPS) is 31.4. The molecular weight excluding hydrogens is 256 g/mol. The molecule has 0 aromatic heterocycles. The van der Waals surface area contributed by atoms with Gasteiger partial charge in [-0.05, 0) is 37.0 Å². The molecule has 0 unspecified atom stereocenters. The zero-order valence-corrected chi connectivity index (χ0v) is 12.4. The van der Waals surface area contributed by atoms with Crippen molar-refractivity contribution in [1.29, 1.82) is 0 Å². The van der Waals surface area contributed by atoms with Crippen LogP contribution >= 0.6 is 0 Å². The van der Waals surface area contributed by atoms with E-state index in [9.17, 15) is 9.59 Å². The molecule has 0 N–H and O–H groups in total. The Kier molecular flexibility index (Phi) is 3.76. The van der Waals surface area contributed by atoms with Crippen LogP contribution in [0.15, 0.2) is 24.3 Å². The summed E-state index contributed by atoms with van der Waals surface area (Å²) < 4.78 is 9.74. The van der Waals surface area contributed by atoms with Crippen LogP contribution in [-0.4, -0.2) is 26.2 Å². The Bertz CT molecular complexity index is 461. The monoisotopic (exact) mass is 278 g/mol. The number of hydrogen-bond acceptors (Lipinski definition) is 4. The van der Waals surface area contributed by atoms with Crippen molar-refractivity contribution in [1.82, 2.24) is 0 Å². The molecule has 0 saturated heterocycles. The second-order valence-electron chi connectivity index (χ2n) is 6.03. The van der Waals surface area contributed by atoms with Crippen molar-refractivity contribution in [3.63, 3.8) is 0 Å². The van der Waals surface area contributed by atoms with E-state index in [2.05, 4.69) is 25.7 Å². The lowest BCUT2D eigenvalue weighted by atomic mass is 9.54. The molecule has 110 valence electrons. The molecule has 0 radical (unpaired) electrons. The minimum Gasteiger partial charge on any atom is -0.468 e. The summed E-state index contributed by atoms with van der Waals surface area (Å²) in [7, 11) is 2.63. The van der Waals surface area contributed by atoms with E-state index >= 15 is 0 Å². The highest BCUT2D eigenvalue weighted by molar-refractivity contribution is 6.00. The highest BCUT2D eigenvalue weighted by Crippen LogP contribution is 2.55. The summed E-state index contributed by atoms with van der Waals surface area (Å²) in [6.07, 6.45) is 6.67. The maximum absolute atomic E-state index is 12.2. The lowest BCUT2D eigenvalue weighted by Gasteiger charge is -2.49. The topological polar surface area (TPSA) is 52.6 Å². The molecule has 2 atom stereocenters. The van der Waals surface area contributed by atoms with Gasteiger partial charge in [-0.1, -0.05) is 31.2 Å². The minimum absolute atomic E-state index is 0.0414. The predicted molar refractivity (Wildman–Crippen MR) is 74.8 cm³/mol. The average Bonchev–Trinajstić information content (AvgIpc) is 2.46.